The Morgan fingerprint density at radius 1 is 1.19 bits per heavy atom. The lowest BCUT2D eigenvalue weighted by atomic mass is 9.95. The SMILES string of the molecule is C=C[C@@H](O[Si](C)(C)C(C)(C)C)C(Cc1ccccc1)N(C(=O)O)C(C)(C)C. The van der Waals surface area contributed by atoms with Gasteiger partial charge in [-0.1, -0.05) is 57.2 Å². The second-order valence-electron chi connectivity index (χ2n) is 9.66. The zero-order chi connectivity index (χ0) is 21.0. The summed E-state index contributed by atoms with van der Waals surface area (Å²) in [5.74, 6) is 0. The van der Waals surface area contributed by atoms with Crippen molar-refractivity contribution in [2.24, 2.45) is 0 Å². The van der Waals surface area contributed by atoms with Gasteiger partial charge in [0.05, 0.1) is 12.1 Å². The summed E-state index contributed by atoms with van der Waals surface area (Å²) >= 11 is 0. The minimum atomic E-state index is -2.10. The third kappa shape index (κ3) is 6.21. The molecule has 5 heteroatoms. The summed E-state index contributed by atoms with van der Waals surface area (Å²) in [6.45, 7) is 20.7. The average Bonchev–Trinajstić information content (AvgIpc) is 2.50. The van der Waals surface area contributed by atoms with E-state index in [1.807, 2.05) is 51.1 Å². The van der Waals surface area contributed by atoms with E-state index in [4.69, 9.17) is 4.43 Å². The minimum Gasteiger partial charge on any atom is -0.465 e. The number of hydrogen-bond donors (Lipinski definition) is 1. The van der Waals surface area contributed by atoms with Crippen LogP contribution < -0.4 is 0 Å². The van der Waals surface area contributed by atoms with Crippen LogP contribution in [0.4, 0.5) is 4.79 Å². The lowest BCUT2D eigenvalue weighted by Crippen LogP contribution is -2.58. The van der Waals surface area contributed by atoms with Crippen LogP contribution in [0.1, 0.15) is 47.1 Å². The molecule has 1 aromatic rings. The van der Waals surface area contributed by atoms with Crippen molar-refractivity contribution in [1.29, 1.82) is 0 Å². The molecule has 1 rings (SSSR count). The summed E-state index contributed by atoms with van der Waals surface area (Å²) < 4.78 is 6.63. The number of hydrogen-bond acceptors (Lipinski definition) is 2. The molecule has 152 valence electrons. The van der Waals surface area contributed by atoms with Gasteiger partial charge in [0.2, 0.25) is 0 Å². The summed E-state index contributed by atoms with van der Waals surface area (Å²) in [5.41, 5.74) is 0.534. The summed E-state index contributed by atoms with van der Waals surface area (Å²) in [7, 11) is -2.10. The van der Waals surface area contributed by atoms with Crippen molar-refractivity contribution in [2.45, 2.75) is 83.8 Å². The van der Waals surface area contributed by atoms with Gasteiger partial charge in [0, 0.05) is 5.54 Å². The molecule has 0 saturated heterocycles. The number of carboxylic acid groups (broad SMARTS) is 1. The molecule has 0 radical (unpaired) electrons. The minimum absolute atomic E-state index is 0.0291. The Kier molecular flexibility index (Phi) is 7.48. The number of carbonyl (C=O) groups is 1. The lowest BCUT2D eigenvalue weighted by Gasteiger charge is -2.46. The molecule has 2 atom stereocenters. The largest absolute Gasteiger partial charge is 0.465 e. The van der Waals surface area contributed by atoms with Gasteiger partial charge in [-0.25, -0.2) is 4.79 Å². The summed E-state index contributed by atoms with van der Waals surface area (Å²) in [6.07, 6.45) is 1.04. The molecule has 0 aliphatic rings. The molecular weight excluding hydrogens is 354 g/mol. The van der Waals surface area contributed by atoms with Crippen molar-refractivity contribution >= 4 is 14.4 Å². The molecule has 4 nitrogen and oxygen atoms in total. The van der Waals surface area contributed by atoms with Crippen molar-refractivity contribution in [3.63, 3.8) is 0 Å². The fourth-order valence-electron chi connectivity index (χ4n) is 2.94. The van der Waals surface area contributed by atoms with Gasteiger partial charge in [0.1, 0.15) is 0 Å². The first-order chi connectivity index (χ1) is 12.2. The van der Waals surface area contributed by atoms with Gasteiger partial charge in [0.15, 0.2) is 8.32 Å². The molecule has 27 heavy (non-hydrogen) atoms. The van der Waals surface area contributed by atoms with Crippen LogP contribution in [0.5, 0.6) is 0 Å². The zero-order valence-corrected chi connectivity index (χ0v) is 19.2. The van der Waals surface area contributed by atoms with E-state index in [-0.39, 0.29) is 17.2 Å². The van der Waals surface area contributed by atoms with E-state index in [0.29, 0.717) is 6.42 Å². The van der Waals surface area contributed by atoms with Gasteiger partial charge < -0.3 is 9.53 Å². The third-order valence-corrected chi connectivity index (χ3v) is 9.87. The number of amides is 1. The fourth-order valence-corrected chi connectivity index (χ4v) is 4.22. The first-order valence-electron chi connectivity index (χ1n) is 9.57. The third-order valence-electron chi connectivity index (χ3n) is 5.40. The predicted octanol–water partition coefficient (Wildman–Crippen LogP) is 5.95. The Morgan fingerprint density at radius 3 is 2.07 bits per heavy atom. The van der Waals surface area contributed by atoms with Crippen LogP contribution in [0.2, 0.25) is 18.1 Å². The van der Waals surface area contributed by atoms with E-state index in [1.54, 1.807) is 6.08 Å². The van der Waals surface area contributed by atoms with E-state index < -0.39 is 19.9 Å². The van der Waals surface area contributed by atoms with Crippen LogP contribution in [0.15, 0.2) is 43.0 Å². The highest BCUT2D eigenvalue weighted by Crippen LogP contribution is 2.38. The van der Waals surface area contributed by atoms with Gasteiger partial charge in [-0.2, -0.15) is 0 Å². The lowest BCUT2D eigenvalue weighted by molar-refractivity contribution is 0.0283. The number of rotatable bonds is 7. The van der Waals surface area contributed by atoms with Crippen LogP contribution in [0.25, 0.3) is 0 Å². The molecule has 1 N–H and O–H groups in total. The van der Waals surface area contributed by atoms with Crippen LogP contribution >= 0.6 is 0 Å². The summed E-state index contributed by atoms with van der Waals surface area (Å²) in [6, 6.07) is 9.63. The maximum absolute atomic E-state index is 12.2. The first-order valence-corrected chi connectivity index (χ1v) is 12.5. The Bertz CT molecular complexity index is 629. The Hall–Kier alpha value is -1.59. The molecule has 0 heterocycles. The van der Waals surface area contributed by atoms with E-state index in [1.165, 1.54) is 4.90 Å². The van der Waals surface area contributed by atoms with Crippen LogP contribution in [0.3, 0.4) is 0 Å². The van der Waals surface area contributed by atoms with Gasteiger partial charge in [0.25, 0.3) is 0 Å². The molecule has 1 aromatic carbocycles. The molecule has 0 aliphatic heterocycles. The maximum atomic E-state index is 12.2. The highest BCUT2D eigenvalue weighted by molar-refractivity contribution is 6.74. The van der Waals surface area contributed by atoms with E-state index in [9.17, 15) is 9.90 Å². The Labute approximate surface area is 166 Å². The summed E-state index contributed by atoms with van der Waals surface area (Å²) in [4.78, 5) is 13.7. The average molecular weight is 392 g/mol. The van der Waals surface area contributed by atoms with E-state index in [0.717, 1.165) is 5.56 Å². The molecule has 0 aromatic heterocycles. The zero-order valence-electron chi connectivity index (χ0n) is 18.2. The highest BCUT2D eigenvalue weighted by atomic mass is 28.4. The van der Waals surface area contributed by atoms with Gasteiger partial charge in [-0.3, -0.25) is 4.90 Å². The molecule has 0 aliphatic carbocycles. The molecule has 1 unspecified atom stereocenters. The first kappa shape index (κ1) is 23.4. The number of nitrogens with zero attached hydrogens (tertiary/aromatic N) is 1. The fraction of sp³-hybridized carbons (Fsp3) is 0.591. The second kappa shape index (κ2) is 8.61. The Morgan fingerprint density at radius 2 is 1.70 bits per heavy atom. The summed E-state index contributed by atoms with van der Waals surface area (Å²) in [5, 5.41) is 10.0. The molecule has 0 saturated carbocycles. The highest BCUT2D eigenvalue weighted by Gasteiger charge is 2.43. The van der Waals surface area contributed by atoms with Crippen LogP contribution in [0, 0.1) is 0 Å². The Balaban J connectivity index is 3.36. The van der Waals surface area contributed by atoms with Crippen molar-refractivity contribution in [3.05, 3.63) is 48.6 Å². The molecule has 1 amide bonds. The van der Waals surface area contributed by atoms with Crippen molar-refractivity contribution in [2.75, 3.05) is 0 Å². The number of benzene rings is 1. The molecular formula is C22H37NO3Si. The predicted molar refractivity (Wildman–Crippen MR) is 116 cm³/mol. The van der Waals surface area contributed by atoms with Crippen LogP contribution in [-0.4, -0.2) is 42.1 Å². The van der Waals surface area contributed by atoms with E-state index in [2.05, 4.69) is 40.4 Å². The van der Waals surface area contributed by atoms with Crippen molar-refractivity contribution in [1.82, 2.24) is 4.90 Å². The van der Waals surface area contributed by atoms with Crippen molar-refractivity contribution in [3.8, 4) is 0 Å². The molecule has 0 spiro atoms. The van der Waals surface area contributed by atoms with Gasteiger partial charge in [-0.05, 0) is 50.9 Å². The molecule has 0 bridgehead atoms. The van der Waals surface area contributed by atoms with Crippen molar-refractivity contribution < 1.29 is 14.3 Å². The second-order valence-corrected chi connectivity index (χ2v) is 14.4. The standard InChI is InChI=1S/C22H37NO3Si/c1-10-19(26-27(8,9)22(5,6)7)18(16-17-14-12-11-13-15-17)23(20(24)25)21(2,3)4/h10-15,18-19H,1,16H2,2-9H3,(H,24,25)/t18?,19-/m1/s1. The smallest absolute Gasteiger partial charge is 0.408 e. The normalized spacial score (nSPS) is 15.1. The topological polar surface area (TPSA) is 49.8 Å². The maximum Gasteiger partial charge on any atom is 0.408 e. The quantitative estimate of drug-likeness (QED) is 0.461. The van der Waals surface area contributed by atoms with Crippen LogP contribution in [-0.2, 0) is 10.8 Å². The van der Waals surface area contributed by atoms with E-state index >= 15 is 0 Å². The monoisotopic (exact) mass is 391 g/mol. The van der Waals surface area contributed by atoms with Gasteiger partial charge in [-0.15, -0.1) is 6.58 Å². The molecule has 0 fully saturated rings. The van der Waals surface area contributed by atoms with Gasteiger partial charge >= 0.3 is 6.09 Å².